The molecule has 0 spiro atoms. The lowest BCUT2D eigenvalue weighted by Crippen LogP contribution is -2.46. The van der Waals surface area contributed by atoms with Gasteiger partial charge in [0, 0.05) is 24.9 Å². The van der Waals surface area contributed by atoms with Gasteiger partial charge in [-0.15, -0.1) is 10.2 Å². The maximum atomic E-state index is 12.4. The van der Waals surface area contributed by atoms with Gasteiger partial charge in [-0.2, -0.15) is 0 Å². The number of carbonyl (C=O) groups is 1. The largest absolute Gasteiger partial charge is 0.338 e. The summed E-state index contributed by atoms with van der Waals surface area (Å²) in [4.78, 5) is 14.6. The minimum absolute atomic E-state index is 0.0574. The number of likely N-dealkylation sites (tertiary alicyclic amines) is 1. The van der Waals surface area contributed by atoms with Crippen LogP contribution in [-0.2, 0) is 17.8 Å². The van der Waals surface area contributed by atoms with E-state index in [-0.39, 0.29) is 11.9 Å². The second-order valence-corrected chi connectivity index (χ2v) is 7.04. The number of rotatable bonds is 4. The van der Waals surface area contributed by atoms with Crippen molar-refractivity contribution in [3.63, 3.8) is 0 Å². The van der Waals surface area contributed by atoms with Gasteiger partial charge in [-0.25, -0.2) is 0 Å². The molecule has 134 valence electrons. The molecule has 1 atom stereocenters. The Morgan fingerprint density at radius 3 is 2.84 bits per heavy atom. The number of aryl methyl sites for hydroxylation is 2. The van der Waals surface area contributed by atoms with E-state index >= 15 is 0 Å². The molecule has 0 bridgehead atoms. The number of amides is 1. The minimum atomic E-state index is -0.199. The Kier molecular flexibility index (Phi) is 4.29. The normalized spacial score (nSPS) is 19.8. The molecule has 0 aromatic carbocycles. The third kappa shape index (κ3) is 3.18. The molecule has 25 heavy (non-hydrogen) atoms. The highest BCUT2D eigenvalue weighted by Crippen LogP contribution is 2.30. The number of fused-ring (bicyclic) bond motifs is 1. The van der Waals surface area contributed by atoms with Crippen LogP contribution in [0.25, 0.3) is 0 Å². The Morgan fingerprint density at radius 1 is 1.32 bits per heavy atom. The van der Waals surface area contributed by atoms with Crippen molar-refractivity contribution < 1.29 is 9.32 Å². The van der Waals surface area contributed by atoms with Gasteiger partial charge < -0.3 is 9.09 Å². The first-order chi connectivity index (χ1) is 12.1. The van der Waals surface area contributed by atoms with Crippen LogP contribution in [0.15, 0.2) is 10.6 Å². The van der Waals surface area contributed by atoms with Crippen LogP contribution in [0.5, 0.6) is 0 Å². The van der Waals surface area contributed by atoms with Gasteiger partial charge in [0.05, 0.1) is 11.7 Å². The quantitative estimate of drug-likeness (QED) is 0.908. The Balaban J connectivity index is 1.34. The Hall–Kier alpha value is -2.22. The third-order valence-electron chi connectivity index (χ3n) is 5.33. The lowest BCUT2D eigenvalue weighted by molar-refractivity contribution is -0.121. The Labute approximate surface area is 146 Å². The lowest BCUT2D eigenvalue weighted by atomic mass is 9.95. The molecule has 8 nitrogen and oxygen atoms in total. The fourth-order valence-corrected chi connectivity index (χ4v) is 3.83. The topological polar surface area (TPSA) is 89.1 Å². The summed E-state index contributed by atoms with van der Waals surface area (Å²) in [5, 5.41) is 15.3. The van der Waals surface area contributed by atoms with Gasteiger partial charge in [-0.3, -0.25) is 15.0 Å². The van der Waals surface area contributed by atoms with Crippen LogP contribution in [0.1, 0.15) is 49.4 Å². The van der Waals surface area contributed by atoms with E-state index in [1.807, 2.05) is 13.8 Å². The van der Waals surface area contributed by atoms with Crippen molar-refractivity contribution in [2.45, 2.75) is 58.0 Å². The van der Waals surface area contributed by atoms with Crippen molar-refractivity contribution in [1.29, 1.82) is 0 Å². The van der Waals surface area contributed by atoms with Gasteiger partial charge in [-0.1, -0.05) is 5.16 Å². The average Bonchev–Trinajstić information content (AvgIpc) is 3.31. The zero-order valence-corrected chi connectivity index (χ0v) is 14.7. The molecule has 0 unspecified atom stereocenters. The summed E-state index contributed by atoms with van der Waals surface area (Å²) in [6.45, 7) is 6.59. The molecule has 4 rings (SSSR count). The highest BCUT2D eigenvalue weighted by molar-refractivity contribution is 5.93. The first kappa shape index (κ1) is 16.3. The Morgan fingerprint density at radius 2 is 2.12 bits per heavy atom. The van der Waals surface area contributed by atoms with E-state index in [1.165, 1.54) is 6.42 Å². The molecule has 0 radical (unpaired) electrons. The summed E-state index contributed by atoms with van der Waals surface area (Å²) in [5.41, 5.74) is 0.754. The van der Waals surface area contributed by atoms with Crippen molar-refractivity contribution in [2.24, 2.45) is 0 Å². The van der Waals surface area contributed by atoms with Crippen LogP contribution in [0.2, 0.25) is 0 Å². The number of anilines is 1. The summed E-state index contributed by atoms with van der Waals surface area (Å²) >= 11 is 0. The smallest absolute Gasteiger partial charge is 0.243 e. The number of aromatic nitrogens is 4. The third-order valence-corrected chi connectivity index (χ3v) is 5.33. The van der Waals surface area contributed by atoms with Gasteiger partial charge in [0.15, 0.2) is 0 Å². The fourth-order valence-electron chi connectivity index (χ4n) is 3.83. The van der Waals surface area contributed by atoms with Crippen molar-refractivity contribution >= 4 is 11.8 Å². The summed E-state index contributed by atoms with van der Waals surface area (Å²) in [6.07, 6.45) is 4.24. The molecule has 8 heteroatoms. The van der Waals surface area contributed by atoms with E-state index in [0.29, 0.717) is 11.8 Å². The minimum Gasteiger partial charge on any atom is -0.338 e. The number of nitrogens with zero attached hydrogens (tertiary/aromatic N) is 5. The SMILES string of the molecule is Cc1cc(NC(=O)[C@@H](C)N2CCC(c3nnc4n3CCC4)CC2)on1. The maximum Gasteiger partial charge on any atom is 0.243 e. The van der Waals surface area contributed by atoms with E-state index in [1.54, 1.807) is 6.07 Å². The highest BCUT2D eigenvalue weighted by Gasteiger charge is 2.31. The molecule has 4 heterocycles. The zero-order chi connectivity index (χ0) is 17.4. The second kappa shape index (κ2) is 6.59. The van der Waals surface area contributed by atoms with Crippen molar-refractivity contribution in [2.75, 3.05) is 18.4 Å². The number of hydrogen-bond acceptors (Lipinski definition) is 6. The fraction of sp³-hybridized carbons (Fsp3) is 0.647. The van der Waals surface area contributed by atoms with Crippen LogP contribution in [-0.4, -0.2) is 49.9 Å². The highest BCUT2D eigenvalue weighted by atomic mass is 16.5. The summed E-state index contributed by atoms with van der Waals surface area (Å²) < 4.78 is 7.36. The first-order valence-corrected chi connectivity index (χ1v) is 9.02. The molecule has 0 saturated carbocycles. The first-order valence-electron chi connectivity index (χ1n) is 9.02. The van der Waals surface area contributed by atoms with Crippen molar-refractivity contribution in [1.82, 2.24) is 24.8 Å². The average molecular weight is 344 g/mol. The van der Waals surface area contributed by atoms with Gasteiger partial charge >= 0.3 is 0 Å². The molecule has 1 N–H and O–H groups in total. The summed E-state index contributed by atoms with van der Waals surface area (Å²) in [5.74, 6) is 3.07. The van der Waals surface area contributed by atoms with E-state index in [0.717, 1.165) is 56.2 Å². The molecule has 2 aliphatic rings. The van der Waals surface area contributed by atoms with Crippen molar-refractivity contribution in [3.8, 4) is 0 Å². The van der Waals surface area contributed by atoms with Crippen LogP contribution in [0, 0.1) is 6.92 Å². The number of hydrogen-bond donors (Lipinski definition) is 1. The summed E-state index contributed by atoms with van der Waals surface area (Å²) in [6, 6.07) is 1.53. The van der Waals surface area contributed by atoms with Crippen molar-refractivity contribution in [3.05, 3.63) is 23.4 Å². The number of carbonyl (C=O) groups excluding carboxylic acids is 1. The standard InChI is InChI=1S/C17H24N6O2/c1-11-10-15(25-21-11)18-17(24)12(2)22-8-5-13(6-9-22)16-20-19-14-4-3-7-23(14)16/h10,12-13H,3-9H2,1-2H3,(H,18,24)/t12-/m1/s1. The maximum absolute atomic E-state index is 12.4. The second-order valence-electron chi connectivity index (χ2n) is 7.04. The molecule has 2 aromatic heterocycles. The van der Waals surface area contributed by atoms with Gasteiger partial charge in [0.1, 0.15) is 11.6 Å². The van der Waals surface area contributed by atoms with E-state index in [2.05, 4.69) is 30.1 Å². The predicted molar refractivity (Wildman–Crippen MR) is 91.2 cm³/mol. The summed E-state index contributed by atoms with van der Waals surface area (Å²) in [7, 11) is 0. The van der Waals surface area contributed by atoms with Gasteiger partial charge in [0.2, 0.25) is 11.8 Å². The van der Waals surface area contributed by atoms with Crippen LogP contribution in [0.3, 0.4) is 0 Å². The van der Waals surface area contributed by atoms with E-state index < -0.39 is 0 Å². The van der Waals surface area contributed by atoms with Gasteiger partial charge in [0.25, 0.3) is 0 Å². The number of piperidine rings is 1. The number of nitrogens with one attached hydrogen (secondary N) is 1. The Bertz CT molecular complexity index is 759. The molecule has 2 aliphatic heterocycles. The molecule has 1 saturated heterocycles. The molecule has 0 aliphatic carbocycles. The molecule has 1 amide bonds. The lowest BCUT2D eigenvalue weighted by Gasteiger charge is -2.34. The van der Waals surface area contributed by atoms with E-state index in [9.17, 15) is 4.79 Å². The van der Waals surface area contributed by atoms with E-state index in [4.69, 9.17) is 4.52 Å². The predicted octanol–water partition coefficient (Wildman–Crippen LogP) is 1.73. The molecule has 1 fully saturated rings. The molecule has 2 aromatic rings. The molecular formula is C17H24N6O2. The van der Waals surface area contributed by atoms with Crippen LogP contribution >= 0.6 is 0 Å². The van der Waals surface area contributed by atoms with Gasteiger partial charge in [-0.05, 0) is 46.2 Å². The van der Waals surface area contributed by atoms with Crippen LogP contribution < -0.4 is 5.32 Å². The molecular weight excluding hydrogens is 320 g/mol. The monoisotopic (exact) mass is 344 g/mol. The van der Waals surface area contributed by atoms with Crippen LogP contribution in [0.4, 0.5) is 5.88 Å². The zero-order valence-electron chi connectivity index (χ0n) is 14.7.